The van der Waals surface area contributed by atoms with Crippen molar-refractivity contribution in [2.45, 2.75) is 31.6 Å². The Labute approximate surface area is 195 Å². The van der Waals surface area contributed by atoms with Crippen molar-refractivity contribution >= 4 is 69.2 Å². The van der Waals surface area contributed by atoms with Gasteiger partial charge in [0.05, 0.1) is 11.4 Å². The summed E-state index contributed by atoms with van der Waals surface area (Å²) in [5.74, 6) is 0.0148. The third kappa shape index (κ3) is 4.24. The average molecular weight is 478 g/mol. The van der Waals surface area contributed by atoms with Gasteiger partial charge < -0.3 is 4.90 Å². The monoisotopic (exact) mass is 477 g/mol. The number of nitrogens with zero attached hydrogens (tertiary/aromatic N) is 3. The van der Waals surface area contributed by atoms with Crippen LogP contribution in [0.25, 0.3) is 0 Å². The lowest BCUT2D eigenvalue weighted by molar-refractivity contribution is -0.122. The lowest BCUT2D eigenvalue weighted by Gasteiger charge is -2.19. The van der Waals surface area contributed by atoms with Gasteiger partial charge in [-0.25, -0.2) is 4.99 Å². The molecular formula is C22H21Cl2N3OS2. The Kier molecular flexibility index (Phi) is 6.68. The van der Waals surface area contributed by atoms with Gasteiger partial charge in [-0.1, -0.05) is 48.3 Å². The number of hydrogen-bond donors (Lipinski definition) is 0. The SMILES string of the molecule is CCCCN1C(=O)/C(=C2/Sc3ccc(Cl)cc3N2CC)SC1=Nc1ccc(Cl)cc1. The summed E-state index contributed by atoms with van der Waals surface area (Å²) < 4.78 is 0. The highest BCUT2D eigenvalue weighted by Crippen LogP contribution is 2.51. The Bertz CT molecular complexity index is 1040. The molecule has 0 radical (unpaired) electrons. The molecule has 2 aromatic rings. The molecule has 4 rings (SSSR count). The highest BCUT2D eigenvalue weighted by Gasteiger charge is 2.39. The summed E-state index contributed by atoms with van der Waals surface area (Å²) in [5, 5.41) is 3.02. The van der Waals surface area contributed by atoms with Crippen molar-refractivity contribution in [2.75, 3.05) is 18.0 Å². The van der Waals surface area contributed by atoms with Crippen molar-refractivity contribution < 1.29 is 4.79 Å². The summed E-state index contributed by atoms with van der Waals surface area (Å²) in [6.07, 6.45) is 1.93. The van der Waals surface area contributed by atoms with Crippen LogP contribution in [0.2, 0.25) is 10.0 Å². The zero-order valence-corrected chi connectivity index (χ0v) is 19.8. The minimum absolute atomic E-state index is 0.0148. The van der Waals surface area contributed by atoms with Crippen LogP contribution in [0.4, 0.5) is 11.4 Å². The average Bonchev–Trinajstić information content (AvgIpc) is 3.24. The van der Waals surface area contributed by atoms with E-state index in [-0.39, 0.29) is 5.91 Å². The van der Waals surface area contributed by atoms with Gasteiger partial charge in [-0.05, 0) is 67.6 Å². The molecule has 0 aromatic heterocycles. The molecule has 0 atom stereocenters. The van der Waals surface area contributed by atoms with Crippen LogP contribution in [-0.2, 0) is 4.79 Å². The maximum atomic E-state index is 13.4. The van der Waals surface area contributed by atoms with Gasteiger partial charge in [-0.2, -0.15) is 0 Å². The van der Waals surface area contributed by atoms with Crippen molar-refractivity contribution in [3.8, 4) is 0 Å². The first-order chi connectivity index (χ1) is 14.5. The first-order valence-corrected chi connectivity index (χ1v) is 12.2. The number of halogens is 2. The number of thioether (sulfide) groups is 2. The largest absolute Gasteiger partial charge is 0.334 e. The molecule has 0 aliphatic carbocycles. The zero-order valence-electron chi connectivity index (χ0n) is 16.7. The predicted octanol–water partition coefficient (Wildman–Crippen LogP) is 7.16. The van der Waals surface area contributed by atoms with Crippen LogP contribution in [0.3, 0.4) is 0 Å². The molecule has 0 unspecified atom stereocenters. The quantitative estimate of drug-likeness (QED) is 0.428. The minimum Gasteiger partial charge on any atom is -0.334 e. The van der Waals surface area contributed by atoms with E-state index in [1.165, 1.54) is 11.8 Å². The Balaban J connectivity index is 1.74. The molecule has 0 bridgehead atoms. The second kappa shape index (κ2) is 9.27. The van der Waals surface area contributed by atoms with Gasteiger partial charge >= 0.3 is 0 Å². The van der Waals surface area contributed by atoms with E-state index in [4.69, 9.17) is 28.2 Å². The molecule has 8 heteroatoms. The van der Waals surface area contributed by atoms with Gasteiger partial charge in [0.25, 0.3) is 5.91 Å². The van der Waals surface area contributed by atoms with Gasteiger partial charge in [0.15, 0.2) is 5.17 Å². The summed E-state index contributed by atoms with van der Waals surface area (Å²) in [6, 6.07) is 13.2. The molecule has 2 aliphatic rings. The second-order valence-electron chi connectivity index (χ2n) is 6.88. The first-order valence-electron chi connectivity index (χ1n) is 9.85. The second-order valence-corrected chi connectivity index (χ2v) is 9.76. The molecule has 156 valence electrons. The molecule has 0 spiro atoms. The molecule has 30 heavy (non-hydrogen) atoms. The van der Waals surface area contributed by atoms with Crippen molar-refractivity contribution in [1.29, 1.82) is 0 Å². The van der Waals surface area contributed by atoms with Crippen molar-refractivity contribution in [1.82, 2.24) is 4.90 Å². The summed E-state index contributed by atoms with van der Waals surface area (Å²) in [4.78, 5) is 24.0. The molecule has 0 saturated carbocycles. The fourth-order valence-electron chi connectivity index (χ4n) is 3.30. The fourth-order valence-corrected chi connectivity index (χ4v) is 5.99. The fraction of sp³-hybridized carbons (Fsp3) is 0.273. The highest BCUT2D eigenvalue weighted by molar-refractivity contribution is 8.19. The van der Waals surface area contributed by atoms with Crippen LogP contribution in [-0.4, -0.2) is 29.1 Å². The minimum atomic E-state index is 0.0148. The maximum absolute atomic E-state index is 13.4. The van der Waals surface area contributed by atoms with Crippen LogP contribution in [0, 0.1) is 0 Å². The zero-order chi connectivity index (χ0) is 21.3. The van der Waals surface area contributed by atoms with Crippen LogP contribution < -0.4 is 4.90 Å². The highest BCUT2D eigenvalue weighted by atomic mass is 35.5. The smallest absolute Gasteiger partial charge is 0.269 e. The topological polar surface area (TPSA) is 35.9 Å². The molecule has 4 nitrogen and oxygen atoms in total. The van der Waals surface area contributed by atoms with Crippen molar-refractivity contribution in [3.63, 3.8) is 0 Å². The standard InChI is InChI=1S/C22H21Cl2N3OS2/c1-3-5-12-27-20(28)19(30-22(27)25-16-9-6-14(23)7-10-16)21-26(4-2)17-13-15(24)8-11-18(17)29-21/h6-11,13H,3-5,12H2,1-2H3/b21-19-,25-22?. The first kappa shape index (κ1) is 21.6. The maximum Gasteiger partial charge on any atom is 0.269 e. The van der Waals surface area contributed by atoms with Gasteiger partial charge in [0, 0.05) is 28.0 Å². The van der Waals surface area contributed by atoms with E-state index in [9.17, 15) is 4.79 Å². The summed E-state index contributed by atoms with van der Waals surface area (Å²) in [7, 11) is 0. The van der Waals surface area contributed by atoms with Crippen LogP contribution in [0.1, 0.15) is 26.7 Å². The number of unbranched alkanes of at least 4 members (excludes halogenated alkanes) is 1. The molecule has 1 amide bonds. The number of fused-ring (bicyclic) bond motifs is 1. The van der Waals surface area contributed by atoms with Crippen molar-refractivity contribution in [2.24, 2.45) is 4.99 Å². The van der Waals surface area contributed by atoms with E-state index in [0.29, 0.717) is 21.8 Å². The number of aliphatic imine (C=N–C) groups is 1. The third-order valence-electron chi connectivity index (χ3n) is 4.82. The molecule has 2 aliphatic heterocycles. The number of carbonyl (C=O) groups excluding carboxylic acids is 1. The Morgan fingerprint density at radius 3 is 2.40 bits per heavy atom. The van der Waals surface area contributed by atoms with Crippen LogP contribution in [0.15, 0.2) is 62.3 Å². The van der Waals surface area contributed by atoms with Gasteiger partial charge in [0.1, 0.15) is 9.93 Å². The van der Waals surface area contributed by atoms with Gasteiger partial charge in [-0.15, -0.1) is 0 Å². The third-order valence-corrected chi connectivity index (χ3v) is 7.69. The van der Waals surface area contributed by atoms with E-state index in [1.54, 1.807) is 16.7 Å². The predicted molar refractivity (Wildman–Crippen MR) is 130 cm³/mol. The summed E-state index contributed by atoms with van der Waals surface area (Å²) in [5.41, 5.74) is 1.83. The Morgan fingerprint density at radius 2 is 1.70 bits per heavy atom. The molecule has 1 fully saturated rings. The molecule has 1 saturated heterocycles. The van der Waals surface area contributed by atoms with Crippen molar-refractivity contribution in [3.05, 3.63) is 62.4 Å². The lowest BCUT2D eigenvalue weighted by Crippen LogP contribution is -2.30. The van der Waals surface area contributed by atoms with E-state index in [2.05, 4.69) is 18.7 Å². The number of carbonyl (C=O) groups is 1. The van der Waals surface area contributed by atoms with E-state index < -0.39 is 0 Å². The number of rotatable bonds is 5. The lowest BCUT2D eigenvalue weighted by atomic mass is 10.3. The number of anilines is 1. The van der Waals surface area contributed by atoms with Gasteiger partial charge in [-0.3, -0.25) is 9.69 Å². The summed E-state index contributed by atoms with van der Waals surface area (Å²) in [6.45, 7) is 5.61. The normalized spacial score (nSPS) is 19.9. The number of benzene rings is 2. The van der Waals surface area contributed by atoms with E-state index in [1.807, 2.05) is 42.5 Å². The number of amides is 1. The Hall–Kier alpha value is -1.60. The van der Waals surface area contributed by atoms with E-state index in [0.717, 1.165) is 45.6 Å². The molecule has 0 N–H and O–H groups in total. The molecular weight excluding hydrogens is 457 g/mol. The summed E-state index contributed by atoms with van der Waals surface area (Å²) >= 11 is 15.3. The number of hydrogen-bond acceptors (Lipinski definition) is 5. The van der Waals surface area contributed by atoms with Crippen LogP contribution in [0.5, 0.6) is 0 Å². The number of amidine groups is 1. The van der Waals surface area contributed by atoms with E-state index >= 15 is 0 Å². The molecule has 2 aromatic carbocycles. The molecule has 2 heterocycles. The van der Waals surface area contributed by atoms with Gasteiger partial charge in [0.2, 0.25) is 0 Å². The van der Waals surface area contributed by atoms with Crippen LogP contribution >= 0.6 is 46.7 Å². The Morgan fingerprint density at radius 1 is 0.967 bits per heavy atom.